The van der Waals surface area contributed by atoms with Crippen LogP contribution in [0.15, 0.2) is 18.9 Å². The summed E-state index contributed by atoms with van der Waals surface area (Å²) in [6.07, 6.45) is 3.79. The molecule has 2 heterocycles. The lowest BCUT2D eigenvalue weighted by atomic mass is 10.3. The number of rotatable bonds is 2. The normalized spacial score (nSPS) is 10.1. The molecule has 9 nitrogen and oxygen atoms in total. The van der Waals surface area contributed by atoms with Gasteiger partial charge in [0.25, 0.3) is 11.9 Å². The molecule has 2 aromatic rings. The molecule has 0 aliphatic heterocycles. The second-order valence-electron chi connectivity index (χ2n) is 2.72. The Morgan fingerprint density at radius 3 is 2.94 bits per heavy atom. The Balaban J connectivity index is 2.41. The van der Waals surface area contributed by atoms with Gasteiger partial charge in [-0.2, -0.15) is 14.8 Å². The van der Waals surface area contributed by atoms with Crippen LogP contribution in [0.5, 0.6) is 5.88 Å². The number of amides is 1. The van der Waals surface area contributed by atoms with E-state index in [0.717, 1.165) is 6.20 Å². The summed E-state index contributed by atoms with van der Waals surface area (Å²) in [4.78, 5) is 22.3. The van der Waals surface area contributed by atoms with Gasteiger partial charge in [0.1, 0.15) is 18.2 Å². The summed E-state index contributed by atoms with van der Waals surface area (Å²) in [6.45, 7) is 0. The summed E-state index contributed by atoms with van der Waals surface area (Å²) in [5.74, 6) is 3.85. The van der Waals surface area contributed by atoms with Gasteiger partial charge < -0.3 is 5.11 Å². The maximum absolute atomic E-state index is 11.1. The number of nitrogens with one attached hydrogen (secondary N) is 1. The van der Waals surface area contributed by atoms with Crippen molar-refractivity contribution in [3.8, 4) is 11.8 Å². The molecule has 82 valence electrons. The quantitative estimate of drug-likeness (QED) is 0.315. The minimum atomic E-state index is -0.678. The highest BCUT2D eigenvalue weighted by Crippen LogP contribution is 2.12. The molecule has 0 saturated carbocycles. The SMILES string of the molecule is NNC(=O)c1cnc(-n2cncn2)nc1O. The molecule has 0 atom stereocenters. The van der Waals surface area contributed by atoms with Crippen molar-refractivity contribution in [2.24, 2.45) is 5.84 Å². The van der Waals surface area contributed by atoms with Crippen LogP contribution in [-0.4, -0.2) is 35.7 Å². The Hall–Kier alpha value is -2.55. The van der Waals surface area contributed by atoms with Crippen LogP contribution in [-0.2, 0) is 0 Å². The number of hydrazine groups is 1. The lowest BCUT2D eigenvalue weighted by Gasteiger charge is -2.03. The molecule has 2 aromatic heterocycles. The van der Waals surface area contributed by atoms with Crippen molar-refractivity contribution in [3.05, 3.63) is 24.4 Å². The van der Waals surface area contributed by atoms with Crippen LogP contribution in [0.25, 0.3) is 5.95 Å². The number of carbonyl (C=O) groups is 1. The molecule has 16 heavy (non-hydrogen) atoms. The van der Waals surface area contributed by atoms with Gasteiger partial charge in [0.2, 0.25) is 5.88 Å². The smallest absolute Gasteiger partial charge is 0.272 e. The maximum atomic E-state index is 11.1. The van der Waals surface area contributed by atoms with Crippen molar-refractivity contribution in [2.75, 3.05) is 0 Å². The first-order valence-corrected chi connectivity index (χ1v) is 4.14. The standard InChI is InChI=1S/C7H7N7O2/c8-13-6(16)4-1-10-7(12-5(4)15)14-3-9-2-11-14/h1-3H,8H2,(H,13,16)(H,10,12,15). The van der Waals surface area contributed by atoms with E-state index in [4.69, 9.17) is 5.84 Å². The van der Waals surface area contributed by atoms with Crippen molar-refractivity contribution < 1.29 is 9.90 Å². The Morgan fingerprint density at radius 2 is 2.38 bits per heavy atom. The zero-order valence-electron chi connectivity index (χ0n) is 7.90. The largest absolute Gasteiger partial charge is 0.493 e. The number of aromatic hydroxyl groups is 1. The second kappa shape index (κ2) is 3.90. The second-order valence-corrected chi connectivity index (χ2v) is 2.72. The maximum Gasteiger partial charge on any atom is 0.272 e. The number of carbonyl (C=O) groups excluding carboxylic acids is 1. The molecule has 0 fully saturated rings. The number of aromatic nitrogens is 5. The molecule has 0 bridgehead atoms. The molecule has 4 N–H and O–H groups in total. The van der Waals surface area contributed by atoms with Gasteiger partial charge in [0.05, 0.1) is 0 Å². The summed E-state index contributed by atoms with van der Waals surface area (Å²) in [7, 11) is 0. The lowest BCUT2D eigenvalue weighted by molar-refractivity contribution is 0.0950. The zero-order chi connectivity index (χ0) is 11.5. The van der Waals surface area contributed by atoms with Crippen LogP contribution in [0.1, 0.15) is 10.4 Å². The van der Waals surface area contributed by atoms with Crippen molar-refractivity contribution in [1.29, 1.82) is 0 Å². The van der Waals surface area contributed by atoms with Gasteiger partial charge >= 0.3 is 0 Å². The van der Waals surface area contributed by atoms with Crippen LogP contribution in [0.4, 0.5) is 0 Å². The number of hydrogen-bond acceptors (Lipinski definition) is 7. The molecule has 2 rings (SSSR count). The fourth-order valence-corrected chi connectivity index (χ4v) is 1.02. The fourth-order valence-electron chi connectivity index (χ4n) is 1.02. The third-order valence-corrected chi connectivity index (χ3v) is 1.76. The molecule has 0 aliphatic rings. The monoisotopic (exact) mass is 221 g/mol. The van der Waals surface area contributed by atoms with Gasteiger partial charge in [-0.15, -0.1) is 0 Å². The van der Waals surface area contributed by atoms with E-state index in [1.54, 1.807) is 0 Å². The Labute approximate surface area is 88.9 Å². The number of hydrogen-bond donors (Lipinski definition) is 3. The minimum Gasteiger partial charge on any atom is -0.493 e. The van der Waals surface area contributed by atoms with E-state index in [1.165, 1.54) is 17.3 Å². The predicted octanol–water partition coefficient (Wildman–Crippen LogP) is -1.63. The first kappa shape index (κ1) is 9.98. The number of nitrogen functional groups attached to an aromatic ring is 1. The predicted molar refractivity (Wildman–Crippen MR) is 50.3 cm³/mol. The van der Waals surface area contributed by atoms with Gasteiger partial charge in [0.15, 0.2) is 0 Å². The van der Waals surface area contributed by atoms with E-state index in [-0.39, 0.29) is 11.5 Å². The molecule has 0 spiro atoms. The van der Waals surface area contributed by atoms with Crippen LogP contribution >= 0.6 is 0 Å². The third-order valence-electron chi connectivity index (χ3n) is 1.76. The molecular weight excluding hydrogens is 214 g/mol. The summed E-state index contributed by atoms with van der Waals surface area (Å²) < 4.78 is 1.24. The molecule has 9 heteroatoms. The van der Waals surface area contributed by atoms with E-state index in [0.29, 0.717) is 0 Å². The van der Waals surface area contributed by atoms with Crippen molar-refractivity contribution >= 4 is 5.91 Å². The first-order valence-electron chi connectivity index (χ1n) is 4.14. The average molecular weight is 221 g/mol. The Bertz CT molecular complexity index is 509. The molecule has 0 aromatic carbocycles. The highest BCUT2D eigenvalue weighted by molar-refractivity contribution is 5.95. The molecule has 0 radical (unpaired) electrons. The number of nitrogens with zero attached hydrogens (tertiary/aromatic N) is 5. The van der Waals surface area contributed by atoms with E-state index in [2.05, 4.69) is 20.1 Å². The minimum absolute atomic E-state index is 0.101. The van der Waals surface area contributed by atoms with E-state index >= 15 is 0 Å². The third kappa shape index (κ3) is 1.66. The number of nitrogens with two attached hydrogens (primary N) is 1. The molecule has 0 unspecified atom stereocenters. The van der Waals surface area contributed by atoms with Crippen molar-refractivity contribution in [2.45, 2.75) is 0 Å². The Kier molecular flexibility index (Phi) is 2.44. The van der Waals surface area contributed by atoms with Crippen LogP contribution in [0.3, 0.4) is 0 Å². The van der Waals surface area contributed by atoms with Crippen LogP contribution in [0, 0.1) is 0 Å². The first-order chi connectivity index (χ1) is 7.72. The summed E-state index contributed by atoms with van der Waals surface area (Å²) >= 11 is 0. The summed E-state index contributed by atoms with van der Waals surface area (Å²) in [5, 5.41) is 13.2. The lowest BCUT2D eigenvalue weighted by Crippen LogP contribution is -2.30. The molecule has 1 amide bonds. The highest BCUT2D eigenvalue weighted by Gasteiger charge is 2.13. The topological polar surface area (TPSA) is 132 Å². The van der Waals surface area contributed by atoms with Crippen LogP contribution in [0.2, 0.25) is 0 Å². The molecular formula is C7H7N7O2. The average Bonchev–Trinajstić information content (AvgIpc) is 2.81. The zero-order valence-corrected chi connectivity index (χ0v) is 7.90. The Morgan fingerprint density at radius 1 is 1.56 bits per heavy atom. The highest BCUT2D eigenvalue weighted by atomic mass is 16.3. The van der Waals surface area contributed by atoms with Gasteiger partial charge in [-0.05, 0) is 0 Å². The van der Waals surface area contributed by atoms with Gasteiger partial charge in [-0.25, -0.2) is 15.8 Å². The van der Waals surface area contributed by atoms with Crippen LogP contribution < -0.4 is 11.3 Å². The van der Waals surface area contributed by atoms with Crippen molar-refractivity contribution in [1.82, 2.24) is 30.2 Å². The summed E-state index contributed by atoms with van der Waals surface area (Å²) in [5.41, 5.74) is 1.74. The van der Waals surface area contributed by atoms with E-state index in [9.17, 15) is 9.90 Å². The summed E-state index contributed by atoms with van der Waals surface area (Å²) in [6, 6.07) is 0. The van der Waals surface area contributed by atoms with Gasteiger partial charge in [-0.3, -0.25) is 10.2 Å². The molecule has 0 saturated heterocycles. The van der Waals surface area contributed by atoms with E-state index in [1.807, 2.05) is 5.43 Å². The van der Waals surface area contributed by atoms with E-state index < -0.39 is 11.8 Å². The van der Waals surface area contributed by atoms with Crippen molar-refractivity contribution in [3.63, 3.8) is 0 Å². The fraction of sp³-hybridized carbons (Fsp3) is 0. The van der Waals surface area contributed by atoms with Gasteiger partial charge in [-0.1, -0.05) is 0 Å². The van der Waals surface area contributed by atoms with Gasteiger partial charge in [0, 0.05) is 6.20 Å². The molecule has 0 aliphatic carbocycles.